The van der Waals surface area contributed by atoms with E-state index in [1.165, 1.54) is 11.8 Å². The Hall–Kier alpha value is -1.24. The van der Waals surface area contributed by atoms with Gasteiger partial charge in [0.2, 0.25) is 11.8 Å². The van der Waals surface area contributed by atoms with Gasteiger partial charge in [0.25, 0.3) is 0 Å². The number of carbonyl (C=O) groups is 3. The Kier molecular flexibility index (Phi) is 5.97. The van der Waals surface area contributed by atoms with Crippen LogP contribution in [0.25, 0.3) is 0 Å². The van der Waals surface area contributed by atoms with Crippen LogP contribution in [0.2, 0.25) is 0 Å². The van der Waals surface area contributed by atoms with Crippen molar-refractivity contribution >= 4 is 29.5 Å². The minimum Gasteiger partial charge on any atom is -0.481 e. The van der Waals surface area contributed by atoms with Crippen molar-refractivity contribution in [3.05, 3.63) is 0 Å². The van der Waals surface area contributed by atoms with Crippen LogP contribution in [0.15, 0.2) is 0 Å². The van der Waals surface area contributed by atoms with Crippen molar-refractivity contribution in [1.82, 2.24) is 5.32 Å². The summed E-state index contributed by atoms with van der Waals surface area (Å²) in [6, 6.07) is -0.0280. The van der Waals surface area contributed by atoms with Crippen molar-refractivity contribution in [2.24, 2.45) is 11.7 Å². The normalized spacial score (nSPS) is 22.7. The Morgan fingerprint density at radius 3 is 2.61 bits per heavy atom. The molecule has 2 atom stereocenters. The highest BCUT2D eigenvalue weighted by atomic mass is 32.2. The monoisotopic (exact) mass is 274 g/mol. The molecule has 1 rings (SSSR count). The molecule has 2 unspecified atom stereocenters. The minimum absolute atomic E-state index is 0.0280. The molecular formula is C11H18N2O4S. The molecule has 2 amide bonds. The fourth-order valence-electron chi connectivity index (χ4n) is 1.97. The molecule has 0 aromatic carbocycles. The third-order valence-corrected chi connectivity index (χ3v) is 3.85. The lowest BCUT2D eigenvalue weighted by Crippen LogP contribution is -2.33. The van der Waals surface area contributed by atoms with Crippen LogP contribution in [0.4, 0.5) is 0 Å². The van der Waals surface area contributed by atoms with Crippen LogP contribution in [-0.2, 0) is 14.4 Å². The molecule has 1 fully saturated rings. The average Bonchev–Trinajstić information content (AvgIpc) is 2.72. The second kappa shape index (κ2) is 7.25. The molecule has 0 bridgehead atoms. The summed E-state index contributed by atoms with van der Waals surface area (Å²) < 4.78 is 0. The van der Waals surface area contributed by atoms with E-state index in [1.54, 1.807) is 0 Å². The first-order valence-electron chi connectivity index (χ1n) is 5.87. The quantitative estimate of drug-likeness (QED) is 0.564. The summed E-state index contributed by atoms with van der Waals surface area (Å²) in [5, 5.41) is 11.7. The average molecular weight is 274 g/mol. The molecule has 0 aliphatic heterocycles. The van der Waals surface area contributed by atoms with E-state index in [-0.39, 0.29) is 29.5 Å². The van der Waals surface area contributed by atoms with Crippen LogP contribution in [0, 0.1) is 5.92 Å². The standard InChI is InChI=1S/C11H18N2O4S/c12-9(14)6-18-4-3-10(15)13-8-2-1-7(5-8)11(16)17/h7-8H,1-6H2,(H2,12,14)(H,13,15)(H,16,17). The summed E-state index contributed by atoms with van der Waals surface area (Å²) in [6.07, 6.45) is 2.18. The molecule has 4 N–H and O–H groups in total. The second-order valence-electron chi connectivity index (χ2n) is 4.38. The largest absolute Gasteiger partial charge is 0.481 e. The van der Waals surface area contributed by atoms with E-state index in [9.17, 15) is 14.4 Å². The van der Waals surface area contributed by atoms with Gasteiger partial charge in [-0.1, -0.05) is 0 Å². The molecule has 102 valence electrons. The summed E-state index contributed by atoms with van der Waals surface area (Å²) in [5.74, 6) is -0.839. The number of hydrogen-bond donors (Lipinski definition) is 3. The summed E-state index contributed by atoms with van der Waals surface area (Å²) >= 11 is 1.32. The van der Waals surface area contributed by atoms with E-state index in [4.69, 9.17) is 10.8 Å². The maximum Gasteiger partial charge on any atom is 0.306 e. The predicted molar refractivity (Wildman–Crippen MR) is 68.0 cm³/mol. The zero-order valence-corrected chi connectivity index (χ0v) is 10.9. The van der Waals surface area contributed by atoms with Gasteiger partial charge in [-0.2, -0.15) is 11.8 Å². The number of primary amides is 1. The Labute approximate surface area is 110 Å². The van der Waals surface area contributed by atoms with E-state index >= 15 is 0 Å². The van der Waals surface area contributed by atoms with Gasteiger partial charge < -0.3 is 16.2 Å². The molecule has 7 heteroatoms. The fourth-order valence-corrected chi connectivity index (χ4v) is 2.65. The van der Waals surface area contributed by atoms with Gasteiger partial charge in [-0.15, -0.1) is 0 Å². The third kappa shape index (κ3) is 5.39. The molecule has 1 aliphatic rings. The molecule has 0 saturated heterocycles. The van der Waals surface area contributed by atoms with Crippen LogP contribution in [0.5, 0.6) is 0 Å². The number of hydrogen-bond acceptors (Lipinski definition) is 4. The number of rotatable bonds is 7. The van der Waals surface area contributed by atoms with Crippen LogP contribution >= 0.6 is 11.8 Å². The van der Waals surface area contributed by atoms with Crippen molar-refractivity contribution < 1.29 is 19.5 Å². The van der Waals surface area contributed by atoms with Crippen molar-refractivity contribution in [3.8, 4) is 0 Å². The molecule has 1 aliphatic carbocycles. The number of amides is 2. The van der Waals surface area contributed by atoms with E-state index in [0.29, 0.717) is 25.0 Å². The van der Waals surface area contributed by atoms with Crippen LogP contribution in [0.3, 0.4) is 0 Å². The predicted octanol–water partition coefficient (Wildman–Crippen LogP) is -0.0355. The van der Waals surface area contributed by atoms with E-state index in [0.717, 1.165) is 6.42 Å². The number of carbonyl (C=O) groups excluding carboxylic acids is 2. The van der Waals surface area contributed by atoms with Crippen molar-refractivity contribution in [3.63, 3.8) is 0 Å². The zero-order chi connectivity index (χ0) is 13.5. The Balaban J connectivity index is 2.13. The number of nitrogens with one attached hydrogen (secondary N) is 1. The molecule has 0 radical (unpaired) electrons. The van der Waals surface area contributed by atoms with Gasteiger partial charge in [0.05, 0.1) is 11.7 Å². The molecule has 18 heavy (non-hydrogen) atoms. The van der Waals surface area contributed by atoms with Crippen LogP contribution in [0.1, 0.15) is 25.7 Å². The van der Waals surface area contributed by atoms with Crippen LogP contribution < -0.4 is 11.1 Å². The maximum absolute atomic E-state index is 11.5. The number of thioether (sulfide) groups is 1. The van der Waals surface area contributed by atoms with Crippen molar-refractivity contribution in [2.75, 3.05) is 11.5 Å². The number of carboxylic acids is 1. The number of carboxylic acid groups (broad SMARTS) is 1. The first kappa shape index (κ1) is 14.8. The van der Waals surface area contributed by atoms with Gasteiger partial charge in [-0.05, 0) is 19.3 Å². The highest BCUT2D eigenvalue weighted by Gasteiger charge is 2.30. The second-order valence-corrected chi connectivity index (χ2v) is 5.49. The summed E-state index contributed by atoms with van der Waals surface area (Å²) in [6.45, 7) is 0. The molecule has 1 saturated carbocycles. The third-order valence-electron chi connectivity index (χ3n) is 2.86. The van der Waals surface area contributed by atoms with Gasteiger partial charge in [-0.3, -0.25) is 14.4 Å². The smallest absolute Gasteiger partial charge is 0.306 e. The first-order valence-corrected chi connectivity index (χ1v) is 7.02. The molecule has 6 nitrogen and oxygen atoms in total. The van der Waals surface area contributed by atoms with Gasteiger partial charge >= 0.3 is 5.97 Å². The number of aliphatic carboxylic acids is 1. The van der Waals surface area contributed by atoms with Crippen molar-refractivity contribution in [2.45, 2.75) is 31.7 Å². The van der Waals surface area contributed by atoms with Crippen molar-refractivity contribution in [1.29, 1.82) is 0 Å². The molecule has 0 aromatic rings. The molecular weight excluding hydrogens is 256 g/mol. The summed E-state index contributed by atoms with van der Waals surface area (Å²) in [4.78, 5) is 32.7. The highest BCUT2D eigenvalue weighted by molar-refractivity contribution is 7.99. The lowest BCUT2D eigenvalue weighted by Gasteiger charge is -2.12. The van der Waals surface area contributed by atoms with Gasteiger partial charge in [0, 0.05) is 18.2 Å². The summed E-state index contributed by atoms with van der Waals surface area (Å²) in [7, 11) is 0. The minimum atomic E-state index is -0.788. The highest BCUT2D eigenvalue weighted by Crippen LogP contribution is 2.25. The van der Waals surface area contributed by atoms with Crippen LogP contribution in [-0.4, -0.2) is 40.4 Å². The number of nitrogens with two attached hydrogens (primary N) is 1. The van der Waals surface area contributed by atoms with E-state index in [2.05, 4.69) is 5.32 Å². The Bertz CT molecular complexity index is 335. The first-order chi connectivity index (χ1) is 8.49. The van der Waals surface area contributed by atoms with E-state index in [1.807, 2.05) is 0 Å². The molecule has 0 heterocycles. The SMILES string of the molecule is NC(=O)CSCCC(=O)NC1CCC(C(=O)O)C1. The maximum atomic E-state index is 11.5. The van der Waals surface area contributed by atoms with E-state index < -0.39 is 5.97 Å². The fraction of sp³-hybridized carbons (Fsp3) is 0.727. The Morgan fingerprint density at radius 1 is 1.33 bits per heavy atom. The zero-order valence-electron chi connectivity index (χ0n) is 10.1. The van der Waals surface area contributed by atoms with Gasteiger partial charge in [0.1, 0.15) is 0 Å². The molecule has 0 spiro atoms. The summed E-state index contributed by atoms with van der Waals surface area (Å²) in [5.41, 5.74) is 4.97. The van der Waals surface area contributed by atoms with Gasteiger partial charge in [0.15, 0.2) is 0 Å². The lowest BCUT2D eigenvalue weighted by atomic mass is 10.1. The Morgan fingerprint density at radius 2 is 2.06 bits per heavy atom. The topological polar surface area (TPSA) is 109 Å². The van der Waals surface area contributed by atoms with Gasteiger partial charge in [-0.25, -0.2) is 0 Å². The lowest BCUT2D eigenvalue weighted by molar-refractivity contribution is -0.141. The molecule has 0 aromatic heterocycles.